The monoisotopic (exact) mass is 452 g/mol. The summed E-state index contributed by atoms with van der Waals surface area (Å²) in [4.78, 5) is 29.9. The smallest absolute Gasteiger partial charge is 0.295 e. The Morgan fingerprint density at radius 3 is 2.27 bits per heavy atom. The highest BCUT2D eigenvalue weighted by atomic mass is 19.1. The van der Waals surface area contributed by atoms with Crippen molar-refractivity contribution < 1.29 is 23.8 Å². The fraction of sp³-hybridized carbons (Fsp3) is 0.385. The van der Waals surface area contributed by atoms with Gasteiger partial charge < -0.3 is 14.7 Å². The van der Waals surface area contributed by atoms with Gasteiger partial charge in [0.15, 0.2) is 0 Å². The summed E-state index contributed by atoms with van der Waals surface area (Å²) in [5.74, 6) is -1.76. The van der Waals surface area contributed by atoms with Crippen LogP contribution in [0.1, 0.15) is 42.5 Å². The number of morpholine rings is 1. The zero-order valence-corrected chi connectivity index (χ0v) is 19.0. The van der Waals surface area contributed by atoms with Gasteiger partial charge in [-0.2, -0.15) is 0 Å². The predicted molar refractivity (Wildman–Crippen MR) is 123 cm³/mol. The van der Waals surface area contributed by atoms with Crippen molar-refractivity contribution in [2.75, 3.05) is 39.4 Å². The SMILES string of the molecule is CC(C)c1ccc([C@H]2/C(=C(\O)c3ccc(F)cc3)C(=O)C(=O)N2CCN2CCOCC2)cc1. The molecule has 2 aromatic carbocycles. The summed E-state index contributed by atoms with van der Waals surface area (Å²) >= 11 is 0. The third kappa shape index (κ3) is 4.84. The molecule has 33 heavy (non-hydrogen) atoms. The normalized spacial score (nSPS) is 21.2. The minimum atomic E-state index is -0.725. The molecular weight excluding hydrogens is 423 g/mol. The number of rotatable bonds is 6. The van der Waals surface area contributed by atoms with E-state index in [0.29, 0.717) is 37.8 Å². The van der Waals surface area contributed by atoms with Gasteiger partial charge in [0.1, 0.15) is 11.6 Å². The number of Topliss-reactive ketones (excluding diaryl/α,β-unsaturated/α-hetero) is 1. The van der Waals surface area contributed by atoms with Crippen LogP contribution in [-0.2, 0) is 14.3 Å². The molecule has 0 saturated carbocycles. The molecular formula is C26H29FN2O4. The Bertz CT molecular complexity index is 1040. The van der Waals surface area contributed by atoms with Gasteiger partial charge in [-0.25, -0.2) is 4.39 Å². The molecule has 4 rings (SSSR count). The first-order valence-corrected chi connectivity index (χ1v) is 11.3. The van der Waals surface area contributed by atoms with E-state index >= 15 is 0 Å². The minimum Gasteiger partial charge on any atom is -0.507 e. The van der Waals surface area contributed by atoms with Crippen LogP contribution in [0.5, 0.6) is 0 Å². The Hall–Kier alpha value is -3.03. The van der Waals surface area contributed by atoms with Crippen LogP contribution < -0.4 is 0 Å². The van der Waals surface area contributed by atoms with E-state index < -0.39 is 23.5 Å². The first kappa shape index (κ1) is 23.1. The van der Waals surface area contributed by atoms with Gasteiger partial charge >= 0.3 is 0 Å². The summed E-state index contributed by atoms with van der Waals surface area (Å²) in [6.07, 6.45) is 0. The van der Waals surface area contributed by atoms with Crippen LogP contribution in [0.15, 0.2) is 54.1 Å². The van der Waals surface area contributed by atoms with Crippen LogP contribution in [-0.4, -0.2) is 66.0 Å². The summed E-state index contributed by atoms with van der Waals surface area (Å²) in [7, 11) is 0. The first-order valence-electron chi connectivity index (χ1n) is 11.3. The van der Waals surface area contributed by atoms with Crippen LogP contribution in [0.3, 0.4) is 0 Å². The summed E-state index contributed by atoms with van der Waals surface area (Å²) in [6, 6.07) is 12.3. The van der Waals surface area contributed by atoms with Crippen molar-refractivity contribution in [3.05, 3.63) is 76.6 Å². The molecule has 6 nitrogen and oxygen atoms in total. The topological polar surface area (TPSA) is 70.1 Å². The maximum atomic E-state index is 13.4. The van der Waals surface area contributed by atoms with E-state index in [-0.39, 0.29) is 11.3 Å². The lowest BCUT2D eigenvalue weighted by molar-refractivity contribution is -0.140. The average Bonchev–Trinajstić information content (AvgIpc) is 3.08. The Balaban J connectivity index is 1.73. The number of amides is 1. The molecule has 2 saturated heterocycles. The Morgan fingerprint density at radius 1 is 1.03 bits per heavy atom. The number of likely N-dealkylation sites (tertiary alicyclic amines) is 1. The Kier molecular flexibility index (Phi) is 6.91. The standard InChI is InChI=1S/C26H29FN2O4/c1-17(2)18-3-5-19(6-4-18)23-22(24(30)20-7-9-21(27)10-8-20)25(31)26(32)29(23)12-11-28-13-15-33-16-14-28/h3-10,17,23,30H,11-16H2,1-2H3/b24-22+/t23-/m0/s1. The fourth-order valence-corrected chi connectivity index (χ4v) is 4.36. The van der Waals surface area contributed by atoms with E-state index in [1.807, 2.05) is 24.3 Å². The van der Waals surface area contributed by atoms with Gasteiger partial charge in [-0.05, 0) is 41.3 Å². The van der Waals surface area contributed by atoms with Gasteiger partial charge in [0, 0.05) is 31.7 Å². The number of halogens is 1. The molecule has 7 heteroatoms. The van der Waals surface area contributed by atoms with Crippen molar-refractivity contribution in [1.82, 2.24) is 9.80 Å². The summed E-state index contributed by atoms with van der Waals surface area (Å²) < 4.78 is 18.8. The van der Waals surface area contributed by atoms with Crippen LogP contribution in [0.25, 0.3) is 5.76 Å². The highest BCUT2D eigenvalue weighted by Crippen LogP contribution is 2.39. The number of hydrogen-bond donors (Lipinski definition) is 1. The van der Waals surface area contributed by atoms with E-state index in [9.17, 15) is 19.1 Å². The van der Waals surface area contributed by atoms with Gasteiger partial charge in [0.05, 0.1) is 24.8 Å². The number of aliphatic hydroxyl groups is 1. The van der Waals surface area contributed by atoms with Crippen LogP contribution in [0.2, 0.25) is 0 Å². The van der Waals surface area contributed by atoms with E-state index in [1.54, 1.807) is 0 Å². The number of nitrogens with zero attached hydrogens (tertiary/aromatic N) is 2. The maximum Gasteiger partial charge on any atom is 0.295 e. The second-order valence-electron chi connectivity index (χ2n) is 8.77. The van der Waals surface area contributed by atoms with Gasteiger partial charge in [-0.1, -0.05) is 38.1 Å². The van der Waals surface area contributed by atoms with Gasteiger partial charge in [-0.3, -0.25) is 14.5 Å². The average molecular weight is 453 g/mol. The van der Waals surface area contributed by atoms with Gasteiger partial charge in [-0.15, -0.1) is 0 Å². The van der Waals surface area contributed by atoms with E-state index in [0.717, 1.165) is 24.2 Å². The fourth-order valence-electron chi connectivity index (χ4n) is 4.36. The van der Waals surface area contributed by atoms with Gasteiger partial charge in [0.25, 0.3) is 11.7 Å². The quantitative estimate of drug-likeness (QED) is 0.411. The second kappa shape index (κ2) is 9.85. The molecule has 2 aromatic rings. The van der Waals surface area contributed by atoms with E-state index in [2.05, 4.69) is 18.7 Å². The van der Waals surface area contributed by atoms with E-state index in [4.69, 9.17) is 4.74 Å². The van der Waals surface area contributed by atoms with Crippen LogP contribution in [0.4, 0.5) is 4.39 Å². The number of ketones is 1. The van der Waals surface area contributed by atoms with Crippen LogP contribution >= 0.6 is 0 Å². The van der Waals surface area contributed by atoms with Crippen molar-refractivity contribution in [3.63, 3.8) is 0 Å². The zero-order valence-electron chi connectivity index (χ0n) is 19.0. The van der Waals surface area contributed by atoms with Crippen molar-refractivity contribution in [3.8, 4) is 0 Å². The van der Waals surface area contributed by atoms with Crippen LogP contribution in [0, 0.1) is 5.82 Å². The molecule has 0 unspecified atom stereocenters. The van der Waals surface area contributed by atoms with E-state index in [1.165, 1.54) is 29.2 Å². The molecule has 1 N–H and O–H groups in total. The minimum absolute atomic E-state index is 0.0332. The molecule has 0 radical (unpaired) electrons. The molecule has 0 aliphatic carbocycles. The molecule has 0 spiro atoms. The number of carbonyl (C=O) groups excluding carboxylic acids is 2. The van der Waals surface area contributed by atoms with Crippen molar-refractivity contribution in [2.24, 2.45) is 0 Å². The molecule has 2 fully saturated rings. The molecule has 2 heterocycles. The Morgan fingerprint density at radius 2 is 1.67 bits per heavy atom. The summed E-state index contributed by atoms with van der Waals surface area (Å²) in [5.41, 5.74) is 2.23. The third-order valence-electron chi connectivity index (χ3n) is 6.34. The molecule has 1 amide bonds. The lowest BCUT2D eigenvalue weighted by Crippen LogP contribution is -2.42. The second-order valence-corrected chi connectivity index (χ2v) is 8.77. The molecule has 0 aromatic heterocycles. The van der Waals surface area contributed by atoms with Crippen molar-refractivity contribution in [1.29, 1.82) is 0 Å². The number of carbonyl (C=O) groups is 2. The summed E-state index contributed by atoms with van der Waals surface area (Å²) in [6.45, 7) is 7.97. The predicted octanol–water partition coefficient (Wildman–Crippen LogP) is 3.70. The Labute approximate surface area is 193 Å². The summed E-state index contributed by atoms with van der Waals surface area (Å²) in [5, 5.41) is 11.0. The third-order valence-corrected chi connectivity index (χ3v) is 6.34. The van der Waals surface area contributed by atoms with Crippen molar-refractivity contribution >= 4 is 17.4 Å². The maximum absolute atomic E-state index is 13.4. The largest absolute Gasteiger partial charge is 0.507 e. The zero-order chi connectivity index (χ0) is 23.5. The van der Waals surface area contributed by atoms with Gasteiger partial charge in [0.2, 0.25) is 0 Å². The molecule has 2 aliphatic rings. The number of ether oxygens (including phenoxy) is 1. The lowest BCUT2D eigenvalue weighted by atomic mass is 9.93. The van der Waals surface area contributed by atoms with Crippen molar-refractivity contribution in [2.45, 2.75) is 25.8 Å². The number of benzene rings is 2. The highest BCUT2D eigenvalue weighted by molar-refractivity contribution is 6.46. The number of hydrogen-bond acceptors (Lipinski definition) is 5. The lowest BCUT2D eigenvalue weighted by Gasteiger charge is -2.31. The first-order chi connectivity index (χ1) is 15.9. The number of aliphatic hydroxyl groups excluding tert-OH is 1. The molecule has 1 atom stereocenters. The highest BCUT2D eigenvalue weighted by Gasteiger charge is 2.46. The molecule has 2 aliphatic heterocycles. The molecule has 174 valence electrons. The molecule has 0 bridgehead atoms.